The molecule has 3 aliphatic heterocycles. The predicted octanol–water partition coefficient (Wildman–Crippen LogP) is 7.18. The number of hydrogen-bond acceptors (Lipinski definition) is 9. The summed E-state index contributed by atoms with van der Waals surface area (Å²) in [5, 5.41) is 0. The van der Waals surface area contributed by atoms with Crippen molar-refractivity contribution in [2.75, 3.05) is 78.5 Å². The molecule has 3 fully saturated rings. The molecule has 0 aliphatic carbocycles. The summed E-state index contributed by atoms with van der Waals surface area (Å²) in [5.41, 5.74) is -7.42. The Hall–Kier alpha value is -1.56. The zero-order valence-electron chi connectivity index (χ0n) is 32.0. The van der Waals surface area contributed by atoms with Crippen LogP contribution in [0.4, 0.5) is 79.0 Å². The van der Waals surface area contributed by atoms with E-state index in [0.717, 1.165) is 56.2 Å². The van der Waals surface area contributed by atoms with E-state index in [9.17, 15) is 39.5 Å². The van der Waals surface area contributed by atoms with Gasteiger partial charge in [-0.2, -0.15) is 80.6 Å². The number of piperazine rings is 3. The fourth-order valence-corrected chi connectivity index (χ4v) is 6.26. The summed E-state index contributed by atoms with van der Waals surface area (Å²) in [6.45, 7) is -7.67. The van der Waals surface area contributed by atoms with Gasteiger partial charge in [0.05, 0.1) is 16.2 Å². The van der Waals surface area contributed by atoms with E-state index in [0.29, 0.717) is 0 Å². The van der Waals surface area contributed by atoms with Crippen LogP contribution >= 0.6 is 0 Å². The van der Waals surface area contributed by atoms with E-state index in [-0.39, 0.29) is 0 Å². The largest absolute Gasteiger partial charge is 0.655 e. The lowest BCUT2D eigenvalue weighted by Gasteiger charge is -2.45. The first kappa shape index (κ1) is 50.8. The van der Waals surface area contributed by atoms with Gasteiger partial charge in [0.1, 0.15) is 0 Å². The molecule has 0 spiro atoms. The molecule has 3 saturated heterocycles. The molecule has 0 N–H and O–H groups in total. The minimum absolute atomic E-state index is 0.571. The smallest absolute Gasteiger partial charge is 0.312 e. The molecule has 0 amide bonds. The van der Waals surface area contributed by atoms with Crippen molar-refractivity contribution in [1.29, 1.82) is 0 Å². The third-order valence-corrected chi connectivity index (χ3v) is 10.1. The Morgan fingerprint density at radius 1 is 0.397 bits per heavy atom. The lowest BCUT2D eigenvalue weighted by Crippen LogP contribution is -2.65. The normalized spacial score (nSPS) is 25.1. The molecule has 0 radical (unpaired) electrons. The Balaban J connectivity index is 1.84. The van der Waals surface area contributed by atoms with Crippen LogP contribution in [0.5, 0.6) is 0 Å². The van der Waals surface area contributed by atoms with E-state index in [1.807, 2.05) is 0 Å². The molecule has 28 heteroatoms. The van der Waals surface area contributed by atoms with Crippen LogP contribution in [0.15, 0.2) is 0 Å². The average Bonchev–Trinajstić information content (AvgIpc) is 2.97. The first-order chi connectivity index (χ1) is 25.8. The zero-order chi connectivity index (χ0) is 44.9. The molecule has 3 aliphatic rings. The van der Waals surface area contributed by atoms with Crippen molar-refractivity contribution in [3.05, 3.63) is 0 Å². The van der Waals surface area contributed by atoms with Crippen LogP contribution in [0.1, 0.15) is 41.5 Å². The SMILES string of the molecule is CC(C)(CN1CCN(C(F)(F)OB(OC(F)(F)N2CCN(CC(C)(C)C(F)(F)F)CC2F)OC(F)(F)N2CCN(CC(C)(C)C(F)(F)F)CC2F)C(F)C1)C(F)(F)F. The van der Waals surface area contributed by atoms with E-state index in [1.165, 1.54) is 0 Å². The quantitative estimate of drug-likeness (QED) is 0.0969. The second kappa shape index (κ2) is 17.3. The Bertz CT molecular complexity index is 1200. The van der Waals surface area contributed by atoms with E-state index in [4.69, 9.17) is 0 Å². The predicted molar refractivity (Wildman–Crippen MR) is 167 cm³/mol. The number of halogens is 18. The fourth-order valence-electron chi connectivity index (χ4n) is 6.26. The first-order valence-corrected chi connectivity index (χ1v) is 17.6. The molecule has 9 nitrogen and oxygen atoms in total. The Kier molecular flexibility index (Phi) is 15.2. The van der Waals surface area contributed by atoms with Gasteiger partial charge in [0.2, 0.25) is 0 Å². The maximum Gasteiger partial charge on any atom is 0.655 e. The van der Waals surface area contributed by atoms with Crippen LogP contribution in [-0.2, 0) is 14.0 Å². The van der Waals surface area contributed by atoms with Crippen molar-refractivity contribution in [3.63, 3.8) is 0 Å². The average molecular weight is 891 g/mol. The molecular formula is C30H45BF18N6O3. The van der Waals surface area contributed by atoms with Crippen molar-refractivity contribution < 1.29 is 93.0 Å². The third-order valence-electron chi connectivity index (χ3n) is 10.1. The standard InChI is InChI=1S/C30H45BF18N6O3/c1-22(2,25(35,36)37)16-50-7-10-53(19(32)13-50)28(44,45)56-31(57-29(46,47)54-11-8-51(14-20(54)33)17-23(3,4)26(38,39)40)58-30(48,49)55-12-9-52(15-21(55)34)18-24(5,6)27(41,42)43/h19-21H,7-18H2,1-6H3. The topological polar surface area (TPSA) is 47.1 Å². The van der Waals surface area contributed by atoms with Gasteiger partial charge in [0, 0.05) is 78.5 Å². The number of nitrogens with zero attached hydrogens (tertiary/aromatic N) is 6. The fraction of sp³-hybridized carbons (Fsp3) is 1.00. The minimum Gasteiger partial charge on any atom is -0.312 e. The molecule has 3 heterocycles. The van der Waals surface area contributed by atoms with E-state index < -0.39 is 173 Å². The maximum absolute atomic E-state index is 15.5. The highest BCUT2D eigenvalue weighted by Gasteiger charge is 2.60. The lowest BCUT2D eigenvalue weighted by molar-refractivity contribution is -0.380. The van der Waals surface area contributed by atoms with Crippen LogP contribution in [0, 0.1) is 16.2 Å². The van der Waals surface area contributed by atoms with Gasteiger partial charge in [-0.05, 0) is 41.5 Å². The van der Waals surface area contributed by atoms with Crippen LogP contribution in [0.2, 0.25) is 0 Å². The second-order valence-corrected chi connectivity index (χ2v) is 16.3. The molecule has 3 rings (SSSR count). The number of rotatable bonds is 15. The lowest BCUT2D eigenvalue weighted by atomic mass is 9.91. The summed E-state index contributed by atoms with van der Waals surface area (Å²) in [7, 11) is -4.07. The summed E-state index contributed by atoms with van der Waals surface area (Å²) in [6, 6.07) is 0. The third kappa shape index (κ3) is 12.3. The summed E-state index contributed by atoms with van der Waals surface area (Å²) < 4.78 is 271. The van der Waals surface area contributed by atoms with E-state index in [2.05, 4.69) is 14.0 Å². The van der Waals surface area contributed by atoms with E-state index in [1.54, 1.807) is 0 Å². The molecular weight excluding hydrogens is 845 g/mol. The number of hydrogen-bond donors (Lipinski definition) is 0. The highest BCUT2D eigenvalue weighted by Crippen LogP contribution is 2.42. The van der Waals surface area contributed by atoms with Crippen LogP contribution in [0.3, 0.4) is 0 Å². The van der Waals surface area contributed by atoms with Crippen molar-refractivity contribution in [3.8, 4) is 0 Å². The Morgan fingerprint density at radius 2 is 0.603 bits per heavy atom. The zero-order valence-corrected chi connectivity index (χ0v) is 32.0. The first-order valence-electron chi connectivity index (χ1n) is 17.6. The van der Waals surface area contributed by atoms with Crippen LogP contribution < -0.4 is 0 Å². The highest BCUT2D eigenvalue weighted by molar-refractivity contribution is 6.36. The summed E-state index contributed by atoms with van der Waals surface area (Å²) >= 11 is 0. The molecule has 0 aromatic carbocycles. The number of alkyl halides is 18. The van der Waals surface area contributed by atoms with Crippen molar-refractivity contribution >= 4 is 7.32 Å². The maximum atomic E-state index is 15.5. The summed E-state index contributed by atoms with van der Waals surface area (Å²) in [6.07, 6.45) is -39.2. The van der Waals surface area contributed by atoms with Gasteiger partial charge < -0.3 is 14.0 Å². The van der Waals surface area contributed by atoms with Gasteiger partial charge in [0.25, 0.3) is 0 Å². The van der Waals surface area contributed by atoms with Gasteiger partial charge in [-0.1, -0.05) is 0 Å². The second-order valence-electron chi connectivity index (χ2n) is 16.3. The summed E-state index contributed by atoms with van der Waals surface area (Å²) in [4.78, 5) is 0.636. The van der Waals surface area contributed by atoms with Gasteiger partial charge in [-0.15, -0.1) is 0 Å². The Morgan fingerprint density at radius 3 is 0.776 bits per heavy atom. The molecule has 3 unspecified atom stereocenters. The minimum atomic E-state index is -5.28. The van der Waals surface area contributed by atoms with Crippen LogP contribution in [-0.4, -0.2) is 171 Å². The van der Waals surface area contributed by atoms with Crippen molar-refractivity contribution in [2.24, 2.45) is 16.2 Å². The van der Waals surface area contributed by atoms with Crippen molar-refractivity contribution in [1.82, 2.24) is 29.4 Å². The molecule has 0 aromatic rings. The molecule has 58 heavy (non-hydrogen) atoms. The van der Waals surface area contributed by atoms with E-state index >= 15 is 39.5 Å². The van der Waals surface area contributed by atoms with Crippen molar-refractivity contribution in [2.45, 2.75) is 97.7 Å². The van der Waals surface area contributed by atoms with Gasteiger partial charge >= 0.3 is 44.5 Å². The van der Waals surface area contributed by atoms with Gasteiger partial charge in [-0.3, -0.25) is 14.7 Å². The summed E-state index contributed by atoms with van der Waals surface area (Å²) in [5.74, 6) is 0. The molecule has 0 bridgehead atoms. The molecule has 342 valence electrons. The van der Waals surface area contributed by atoms with Gasteiger partial charge in [0.15, 0.2) is 18.9 Å². The molecule has 0 saturated carbocycles. The highest BCUT2D eigenvalue weighted by atomic mass is 19.4. The van der Waals surface area contributed by atoms with Gasteiger partial charge in [-0.25, -0.2) is 13.2 Å². The molecule has 3 atom stereocenters. The molecule has 0 aromatic heterocycles. The Labute approximate surface area is 322 Å². The van der Waals surface area contributed by atoms with Crippen LogP contribution in [0.25, 0.3) is 0 Å². The monoisotopic (exact) mass is 890 g/mol.